The Morgan fingerprint density at radius 2 is 0.783 bits per heavy atom. The van der Waals surface area contributed by atoms with Gasteiger partial charge in [-0.05, 0) is 36.4 Å². The molecule has 4 aromatic carbocycles. The quantitative estimate of drug-likeness (QED) is 0.0579. The Kier molecular flexibility index (Phi) is 16.1. The molecule has 0 saturated heterocycles. The third-order valence-corrected chi connectivity index (χ3v) is 7.25. The summed E-state index contributed by atoms with van der Waals surface area (Å²) in [6.07, 6.45) is 0. The maximum absolute atomic E-state index is 12.4. The summed E-state index contributed by atoms with van der Waals surface area (Å²) in [6, 6.07) is 22.6. The van der Waals surface area contributed by atoms with Gasteiger partial charge in [0.25, 0.3) is 0 Å². The van der Waals surface area contributed by atoms with Crippen molar-refractivity contribution in [2.24, 2.45) is 0 Å². The molecule has 0 amide bonds. The van der Waals surface area contributed by atoms with E-state index < -0.39 is 4.92 Å². The van der Waals surface area contributed by atoms with Crippen molar-refractivity contribution in [3.63, 3.8) is 0 Å². The summed E-state index contributed by atoms with van der Waals surface area (Å²) in [5.41, 5.74) is 2.87. The first-order chi connectivity index (χ1) is 21.2. The Morgan fingerprint density at radius 3 is 1.07 bits per heavy atom. The topological polar surface area (TPSA) is 194 Å². The molecule has 0 heterocycles. The minimum absolute atomic E-state index is 0. The van der Waals surface area contributed by atoms with Crippen LogP contribution in [0.3, 0.4) is 0 Å². The van der Waals surface area contributed by atoms with Crippen LogP contribution in [0.1, 0.15) is 63.7 Å². The predicted octanol–water partition coefficient (Wildman–Crippen LogP) is -2.71. The summed E-state index contributed by atoms with van der Waals surface area (Å²) in [5, 5.41) is 34.9. The molecule has 0 unspecified atom stereocenters. The van der Waals surface area contributed by atoms with E-state index in [-0.39, 0.29) is 82.2 Å². The average Bonchev–Trinajstić information content (AvgIpc) is 3.04. The number of rotatable bonds is 6. The van der Waals surface area contributed by atoms with E-state index in [2.05, 4.69) is 18.7 Å². The van der Waals surface area contributed by atoms with Crippen molar-refractivity contribution in [1.29, 1.82) is 0 Å². The Labute approximate surface area is 313 Å². The van der Waals surface area contributed by atoms with Gasteiger partial charge < -0.3 is 10.5 Å². The fourth-order valence-electron chi connectivity index (χ4n) is 4.37. The molecule has 2 aliphatic rings. The predicted molar refractivity (Wildman–Crippen MR) is 148 cm³/mol. The molecule has 0 radical (unpaired) electrons. The molecule has 0 fully saturated rings. The van der Waals surface area contributed by atoms with E-state index in [0.29, 0.717) is 78.4 Å². The molecule has 0 bridgehead atoms. The van der Waals surface area contributed by atoms with E-state index in [1.807, 2.05) is 0 Å². The van der Waals surface area contributed by atoms with E-state index in [1.165, 1.54) is 12.1 Å². The van der Waals surface area contributed by atoms with E-state index in [1.54, 1.807) is 72.8 Å². The summed E-state index contributed by atoms with van der Waals surface area (Å²) in [7, 11) is 0.889. The van der Waals surface area contributed by atoms with E-state index in [0.717, 1.165) is 7.05 Å². The Balaban J connectivity index is 0.000000276. The number of hydrogen-bond acceptors (Lipinski definition) is 14. The van der Waals surface area contributed by atoms with Crippen molar-refractivity contribution in [2.75, 3.05) is 7.05 Å². The van der Waals surface area contributed by atoms with Gasteiger partial charge in [-0.15, -0.1) is 0 Å². The van der Waals surface area contributed by atoms with Gasteiger partial charge in [-0.25, -0.2) is 0 Å². The van der Waals surface area contributed by atoms with Crippen molar-refractivity contribution in [1.82, 2.24) is 0 Å². The van der Waals surface area contributed by atoms with Crippen molar-refractivity contribution in [2.45, 2.75) is 9.79 Å². The molecule has 13 nitrogen and oxygen atoms in total. The SMILES string of the molecule is C[N+](=O)[O-].O=C1c2ccccc2C(=O)c2cc(SOO[O-])ccc21.O=C1c2ccccc2C(=O)c2cc(SOO[O-])ccc21.[Na+].[Na+]. The molecule has 46 heavy (non-hydrogen) atoms. The van der Waals surface area contributed by atoms with Gasteiger partial charge in [-0.2, -0.15) is 8.67 Å². The zero-order valence-electron chi connectivity index (χ0n) is 24.2. The average molecular weight is 682 g/mol. The zero-order chi connectivity index (χ0) is 31.8. The van der Waals surface area contributed by atoms with Gasteiger partial charge in [-0.3, -0.25) is 39.4 Å². The normalized spacial score (nSPS) is 11.9. The Morgan fingerprint density at radius 1 is 0.522 bits per heavy atom. The molecule has 0 aromatic heterocycles. The van der Waals surface area contributed by atoms with Gasteiger partial charge in [0.2, 0.25) is 0 Å². The second-order valence-electron chi connectivity index (χ2n) is 8.70. The van der Waals surface area contributed by atoms with Crippen LogP contribution in [0.15, 0.2) is 94.7 Å². The molecule has 0 spiro atoms. The van der Waals surface area contributed by atoms with Gasteiger partial charge in [0.05, 0.1) is 24.1 Å². The summed E-state index contributed by atoms with van der Waals surface area (Å²) in [4.78, 5) is 58.7. The molecule has 0 atom stereocenters. The van der Waals surface area contributed by atoms with Crippen LogP contribution in [0, 0.1) is 10.1 Å². The van der Waals surface area contributed by atoms with Gasteiger partial charge in [0.15, 0.2) is 30.2 Å². The fraction of sp³-hybridized carbons (Fsp3) is 0.0345. The number of ketones is 4. The summed E-state index contributed by atoms with van der Waals surface area (Å²) in [6.45, 7) is 0. The van der Waals surface area contributed by atoms with Crippen molar-refractivity contribution in [3.8, 4) is 0 Å². The van der Waals surface area contributed by atoms with Crippen LogP contribution in [0.25, 0.3) is 0 Å². The molecule has 224 valence electrons. The second-order valence-corrected chi connectivity index (χ2v) is 10.2. The standard InChI is InChI=1S/2C14H8O5S.CH3NO2.2Na/c2*15-13-9-3-1-2-4-10(9)14(16)12-7-8(20-19-18-17)5-6-11(12)13;1-2(3)4;;/h2*1-7,17H;1H3;;/q;;;2*+1/p-2. The first kappa shape index (κ1) is 39.6. The number of carbonyl (C=O) groups is 4. The molecule has 17 heteroatoms. The summed E-state index contributed by atoms with van der Waals surface area (Å²) >= 11 is 1.36. The number of hydrogen-bond donors (Lipinski definition) is 0. The number of carbonyl (C=O) groups excluding carboxylic acids is 4. The minimum atomic E-state index is -0.500. The van der Waals surface area contributed by atoms with Gasteiger partial charge in [0.1, 0.15) is 0 Å². The van der Waals surface area contributed by atoms with Crippen LogP contribution in [0.2, 0.25) is 0 Å². The Hall–Kier alpha value is -2.58. The molecule has 0 saturated carbocycles. The molecule has 2 aliphatic carbocycles. The monoisotopic (exact) mass is 681 g/mol. The number of nitrogens with zero attached hydrogens (tertiary/aromatic N) is 1. The molecular weight excluding hydrogens is 664 g/mol. The number of nitro groups is 1. The smallest absolute Gasteiger partial charge is 0.691 e. The summed E-state index contributed by atoms with van der Waals surface area (Å²) in [5.74, 6) is -0.818. The molecule has 6 rings (SSSR count). The largest absolute Gasteiger partial charge is 1.00 e. The van der Waals surface area contributed by atoms with Crippen LogP contribution in [-0.2, 0) is 18.7 Å². The third kappa shape index (κ3) is 9.27. The second kappa shape index (κ2) is 18.7. The van der Waals surface area contributed by atoms with Crippen molar-refractivity contribution >= 4 is 47.2 Å². The van der Waals surface area contributed by atoms with Gasteiger partial charge in [-0.1, -0.05) is 48.5 Å². The minimum Gasteiger partial charge on any atom is -0.691 e. The fourth-order valence-corrected chi connectivity index (χ4v) is 5.16. The van der Waals surface area contributed by atoms with Crippen LogP contribution in [-0.4, -0.2) is 35.1 Å². The first-order valence-electron chi connectivity index (χ1n) is 12.2. The van der Waals surface area contributed by atoms with Crippen LogP contribution in [0.4, 0.5) is 0 Å². The molecule has 4 aromatic rings. The maximum atomic E-state index is 12.4. The molecular formula is C29H17NNa2O12S2. The number of benzene rings is 4. The molecule has 0 N–H and O–H groups in total. The van der Waals surface area contributed by atoms with Crippen molar-refractivity contribution in [3.05, 3.63) is 140 Å². The van der Waals surface area contributed by atoms with Gasteiger partial charge >= 0.3 is 59.1 Å². The Bertz CT molecular complexity index is 1660. The van der Waals surface area contributed by atoms with Crippen LogP contribution in [0.5, 0.6) is 0 Å². The van der Waals surface area contributed by atoms with E-state index in [9.17, 15) is 29.7 Å². The van der Waals surface area contributed by atoms with Crippen LogP contribution < -0.4 is 69.6 Å². The van der Waals surface area contributed by atoms with E-state index >= 15 is 0 Å². The zero-order valence-corrected chi connectivity index (χ0v) is 29.9. The van der Waals surface area contributed by atoms with Crippen LogP contribution >= 0.6 is 24.1 Å². The summed E-state index contributed by atoms with van der Waals surface area (Å²) < 4.78 is 8.41. The molecule has 0 aliphatic heterocycles. The number of fused-ring (bicyclic) bond motifs is 4. The third-order valence-electron chi connectivity index (χ3n) is 6.11. The maximum Gasteiger partial charge on any atom is 1.00 e. The van der Waals surface area contributed by atoms with E-state index in [4.69, 9.17) is 10.1 Å². The van der Waals surface area contributed by atoms with Gasteiger partial charge in [0, 0.05) is 59.2 Å². The first-order valence-corrected chi connectivity index (χ1v) is 13.7. The van der Waals surface area contributed by atoms with Crippen molar-refractivity contribution < 1.29 is 112 Å².